The van der Waals surface area contributed by atoms with E-state index in [2.05, 4.69) is 6.58 Å². The maximum atomic E-state index is 9.62. The van der Waals surface area contributed by atoms with E-state index in [9.17, 15) is 5.11 Å². The summed E-state index contributed by atoms with van der Waals surface area (Å²) in [4.78, 5) is 0. The summed E-state index contributed by atoms with van der Waals surface area (Å²) in [6, 6.07) is 7.75. The Morgan fingerprint density at radius 1 is 1.46 bits per heavy atom. The van der Waals surface area contributed by atoms with Crippen molar-refractivity contribution in [3.8, 4) is 5.75 Å². The lowest BCUT2D eigenvalue weighted by Gasteiger charge is -2.28. The van der Waals surface area contributed by atoms with E-state index >= 15 is 0 Å². The summed E-state index contributed by atoms with van der Waals surface area (Å²) in [6.45, 7) is 4.07. The summed E-state index contributed by atoms with van der Waals surface area (Å²) in [7, 11) is 0. The van der Waals surface area contributed by atoms with Gasteiger partial charge in [0.25, 0.3) is 0 Å². The van der Waals surface area contributed by atoms with Gasteiger partial charge in [-0.3, -0.25) is 0 Å². The van der Waals surface area contributed by atoms with Gasteiger partial charge >= 0.3 is 0 Å². The lowest BCUT2D eigenvalue weighted by atomic mass is 9.91. The summed E-state index contributed by atoms with van der Waals surface area (Å²) in [6.07, 6.45) is 1.30. The number of rotatable bonds is 1. The molecule has 68 valence electrons. The maximum Gasteiger partial charge on any atom is 0.123 e. The molecule has 1 heterocycles. The van der Waals surface area contributed by atoms with E-state index in [4.69, 9.17) is 4.74 Å². The van der Waals surface area contributed by atoms with Gasteiger partial charge in [0, 0.05) is 11.5 Å². The van der Waals surface area contributed by atoms with Gasteiger partial charge in [0.05, 0.1) is 6.10 Å². The van der Waals surface area contributed by atoms with Crippen LogP contribution in [0.5, 0.6) is 5.75 Å². The topological polar surface area (TPSA) is 29.5 Å². The second kappa shape index (κ2) is 3.23. The minimum Gasteiger partial charge on any atom is -0.491 e. The van der Waals surface area contributed by atoms with Crippen LogP contribution in [0, 0.1) is 0 Å². The van der Waals surface area contributed by atoms with Crippen molar-refractivity contribution in [1.82, 2.24) is 0 Å². The fourth-order valence-electron chi connectivity index (χ4n) is 1.66. The first-order chi connectivity index (χ1) is 6.33. The fourth-order valence-corrected chi connectivity index (χ4v) is 1.66. The zero-order valence-corrected chi connectivity index (χ0v) is 7.31. The Balaban J connectivity index is 2.45. The van der Waals surface area contributed by atoms with E-state index in [0.717, 1.165) is 11.3 Å². The van der Waals surface area contributed by atoms with E-state index in [1.807, 2.05) is 24.3 Å². The minimum atomic E-state index is -0.465. The summed E-state index contributed by atoms with van der Waals surface area (Å²) >= 11 is 0. The first-order valence-corrected chi connectivity index (χ1v) is 4.35. The van der Waals surface area contributed by atoms with Crippen LogP contribution >= 0.6 is 0 Å². The van der Waals surface area contributed by atoms with Gasteiger partial charge in [-0.05, 0) is 6.07 Å². The summed E-state index contributed by atoms with van der Waals surface area (Å²) in [5.74, 6) is 0.864. The molecule has 0 saturated heterocycles. The van der Waals surface area contributed by atoms with E-state index < -0.39 is 6.10 Å². The molecule has 13 heavy (non-hydrogen) atoms. The molecule has 0 aliphatic carbocycles. The van der Waals surface area contributed by atoms with Crippen molar-refractivity contribution in [3.63, 3.8) is 0 Å². The first-order valence-electron chi connectivity index (χ1n) is 4.35. The molecule has 1 unspecified atom stereocenters. The van der Waals surface area contributed by atoms with Crippen LogP contribution in [-0.4, -0.2) is 17.8 Å². The molecule has 2 heteroatoms. The number of aliphatic hydroxyl groups excluding tert-OH is 1. The third kappa shape index (κ3) is 1.33. The Morgan fingerprint density at radius 3 is 3.00 bits per heavy atom. The largest absolute Gasteiger partial charge is 0.491 e. The minimum absolute atomic E-state index is 0.00458. The second-order valence-corrected chi connectivity index (χ2v) is 3.18. The quantitative estimate of drug-likeness (QED) is 0.660. The van der Waals surface area contributed by atoms with Crippen LogP contribution in [0.2, 0.25) is 0 Å². The molecule has 1 aliphatic rings. The number of para-hydroxylation sites is 1. The molecule has 0 bridgehead atoms. The molecule has 1 N–H and O–H groups in total. The molecule has 0 fully saturated rings. The average Bonchev–Trinajstić information content (AvgIpc) is 2.18. The Kier molecular flexibility index (Phi) is 2.07. The van der Waals surface area contributed by atoms with Crippen molar-refractivity contribution in [2.24, 2.45) is 0 Å². The fraction of sp³-hybridized carbons (Fsp3) is 0.273. The molecule has 0 radical (unpaired) electrons. The molecule has 2 atom stereocenters. The van der Waals surface area contributed by atoms with Crippen LogP contribution in [0.4, 0.5) is 0 Å². The van der Waals surface area contributed by atoms with Gasteiger partial charge in [0.15, 0.2) is 0 Å². The summed E-state index contributed by atoms with van der Waals surface area (Å²) < 4.78 is 5.37. The molecular formula is C11H12O2. The highest BCUT2D eigenvalue weighted by atomic mass is 16.5. The van der Waals surface area contributed by atoms with E-state index in [0.29, 0.717) is 6.61 Å². The van der Waals surface area contributed by atoms with Crippen molar-refractivity contribution < 1.29 is 9.84 Å². The Bertz CT molecular complexity index is 320. The smallest absolute Gasteiger partial charge is 0.123 e. The molecule has 0 amide bonds. The van der Waals surface area contributed by atoms with Gasteiger partial charge < -0.3 is 9.84 Å². The van der Waals surface area contributed by atoms with Gasteiger partial charge in [-0.2, -0.15) is 0 Å². The Labute approximate surface area is 77.5 Å². The van der Waals surface area contributed by atoms with Crippen LogP contribution < -0.4 is 4.74 Å². The maximum absolute atomic E-state index is 9.62. The number of aliphatic hydroxyl groups is 1. The first kappa shape index (κ1) is 8.32. The lowest BCUT2D eigenvalue weighted by molar-refractivity contribution is 0.0792. The summed E-state index contributed by atoms with van der Waals surface area (Å²) in [5, 5.41) is 9.62. The predicted molar refractivity (Wildman–Crippen MR) is 50.9 cm³/mol. The van der Waals surface area contributed by atoms with Crippen LogP contribution in [0.1, 0.15) is 11.5 Å². The molecule has 0 spiro atoms. The molecule has 1 aromatic carbocycles. The highest BCUT2D eigenvalue weighted by molar-refractivity contribution is 5.40. The van der Waals surface area contributed by atoms with Crippen LogP contribution in [0.25, 0.3) is 0 Å². The van der Waals surface area contributed by atoms with Gasteiger partial charge in [-0.1, -0.05) is 24.3 Å². The van der Waals surface area contributed by atoms with Gasteiger partial charge in [-0.25, -0.2) is 0 Å². The number of hydrogen-bond acceptors (Lipinski definition) is 2. The van der Waals surface area contributed by atoms with E-state index in [1.165, 1.54) is 0 Å². The SMILES string of the molecule is C=CC1c2ccccc2OC[C@@H]1O. The Morgan fingerprint density at radius 2 is 2.23 bits per heavy atom. The number of hydrogen-bond donors (Lipinski definition) is 1. The average molecular weight is 176 g/mol. The molecule has 2 nitrogen and oxygen atoms in total. The highest BCUT2D eigenvalue weighted by Gasteiger charge is 2.26. The van der Waals surface area contributed by atoms with Gasteiger partial charge in [0.1, 0.15) is 12.4 Å². The van der Waals surface area contributed by atoms with E-state index in [1.54, 1.807) is 6.08 Å². The third-order valence-electron chi connectivity index (χ3n) is 2.36. The normalized spacial score (nSPS) is 25.9. The molecular weight excluding hydrogens is 164 g/mol. The zero-order valence-electron chi connectivity index (χ0n) is 7.31. The highest BCUT2D eigenvalue weighted by Crippen LogP contribution is 2.33. The zero-order chi connectivity index (χ0) is 9.26. The van der Waals surface area contributed by atoms with Crippen molar-refractivity contribution in [2.45, 2.75) is 12.0 Å². The van der Waals surface area contributed by atoms with Crippen molar-refractivity contribution in [3.05, 3.63) is 42.5 Å². The molecule has 2 rings (SSSR count). The van der Waals surface area contributed by atoms with Crippen molar-refractivity contribution in [1.29, 1.82) is 0 Å². The summed E-state index contributed by atoms with van der Waals surface area (Å²) in [5.41, 5.74) is 1.02. The van der Waals surface area contributed by atoms with Gasteiger partial charge in [0.2, 0.25) is 0 Å². The lowest BCUT2D eigenvalue weighted by Crippen LogP contribution is -2.29. The Hall–Kier alpha value is -1.28. The molecule has 0 saturated carbocycles. The second-order valence-electron chi connectivity index (χ2n) is 3.18. The monoisotopic (exact) mass is 176 g/mol. The molecule has 0 aromatic heterocycles. The standard InChI is InChI=1S/C11H12O2/c1-2-8-9-5-3-4-6-11(9)13-7-10(8)12/h2-6,8,10,12H,1,7H2/t8?,10-/m0/s1. The number of ether oxygens (including phenoxy) is 1. The van der Waals surface area contributed by atoms with Crippen molar-refractivity contribution in [2.75, 3.05) is 6.61 Å². The predicted octanol–water partition coefficient (Wildman–Crippen LogP) is 1.71. The van der Waals surface area contributed by atoms with Crippen LogP contribution in [-0.2, 0) is 0 Å². The van der Waals surface area contributed by atoms with E-state index in [-0.39, 0.29) is 5.92 Å². The van der Waals surface area contributed by atoms with Gasteiger partial charge in [-0.15, -0.1) is 6.58 Å². The third-order valence-corrected chi connectivity index (χ3v) is 2.36. The number of benzene rings is 1. The van der Waals surface area contributed by atoms with Crippen molar-refractivity contribution >= 4 is 0 Å². The van der Waals surface area contributed by atoms with Crippen LogP contribution in [0.15, 0.2) is 36.9 Å². The number of fused-ring (bicyclic) bond motifs is 1. The molecule has 1 aromatic rings. The molecule has 1 aliphatic heterocycles. The van der Waals surface area contributed by atoms with Crippen LogP contribution in [0.3, 0.4) is 0 Å².